The summed E-state index contributed by atoms with van der Waals surface area (Å²) in [7, 11) is -7.59. The molecule has 5 radical (unpaired) electrons. The van der Waals surface area contributed by atoms with Crippen LogP contribution in [-0.4, -0.2) is 7.25 Å². The zero-order valence-corrected chi connectivity index (χ0v) is 25.6. The molecule has 1 aliphatic carbocycles. The van der Waals surface area contributed by atoms with Crippen LogP contribution in [0.1, 0.15) is 17.9 Å². The van der Waals surface area contributed by atoms with Crippen LogP contribution in [0.15, 0.2) is 121 Å². The smallest absolute Gasteiger partial charge is 0.409 e. The van der Waals surface area contributed by atoms with Gasteiger partial charge in [0.05, 0.1) is 0 Å². The van der Waals surface area contributed by atoms with Crippen molar-refractivity contribution >= 4 is 15.9 Å². The van der Waals surface area contributed by atoms with Crippen LogP contribution in [0.5, 0.6) is 17.2 Å². The van der Waals surface area contributed by atoms with Gasteiger partial charge in [0.2, 0.25) is 0 Å². The van der Waals surface area contributed by atoms with Gasteiger partial charge in [0.15, 0.2) is 0 Å². The fraction of sp³-hybridized carbons (Fsp3) is 0.0606. The molecule has 1 saturated carbocycles. The number of rotatable bonds is 7. The van der Waals surface area contributed by atoms with Crippen molar-refractivity contribution in [3.63, 3.8) is 0 Å². The van der Waals surface area contributed by atoms with E-state index in [1.54, 1.807) is 0 Å². The number of benzene rings is 4. The van der Waals surface area contributed by atoms with Crippen molar-refractivity contribution in [2.75, 3.05) is 0 Å². The molecular formula is C33H28BF4FeO5P-. The van der Waals surface area contributed by atoms with Gasteiger partial charge in [0.25, 0.3) is 0 Å². The Kier molecular flexibility index (Phi) is 23.8. The molecule has 0 aliphatic heterocycles. The van der Waals surface area contributed by atoms with Crippen LogP contribution in [0.25, 0.3) is 0 Å². The van der Waals surface area contributed by atoms with Gasteiger partial charge in [-0.2, -0.15) is 0 Å². The van der Waals surface area contributed by atoms with E-state index >= 15 is 0 Å². The molecular weight excluding hydrogens is 650 g/mol. The molecule has 45 heavy (non-hydrogen) atoms. The summed E-state index contributed by atoms with van der Waals surface area (Å²) in [5.41, 5.74) is 1.40. The van der Waals surface area contributed by atoms with E-state index in [4.69, 9.17) is 22.9 Å². The van der Waals surface area contributed by atoms with Crippen molar-refractivity contribution in [1.29, 1.82) is 0 Å². The van der Waals surface area contributed by atoms with Gasteiger partial charge in [-0.3, -0.25) is 0 Å². The van der Waals surface area contributed by atoms with Gasteiger partial charge in [-0.15, -0.1) is 0 Å². The molecule has 4 aromatic rings. The zero-order valence-electron chi connectivity index (χ0n) is 23.6. The van der Waals surface area contributed by atoms with E-state index in [1.807, 2.05) is 91.0 Å². The summed E-state index contributed by atoms with van der Waals surface area (Å²) in [5, 5.41) is 0. The normalized spacial score (nSPS) is 12.1. The van der Waals surface area contributed by atoms with Crippen LogP contribution in [0, 0.1) is 45.4 Å². The van der Waals surface area contributed by atoms with E-state index in [0.717, 1.165) is 6.42 Å². The Balaban J connectivity index is 0.000000716. The van der Waals surface area contributed by atoms with E-state index in [2.05, 4.69) is 75.7 Å². The molecule has 0 bridgehead atoms. The monoisotopic (exact) mass is 678 g/mol. The first-order chi connectivity index (χ1) is 21.4. The largest absolute Gasteiger partial charge is 0.530 e. The first kappa shape index (κ1) is 41.5. The Bertz CT molecular complexity index is 1170. The van der Waals surface area contributed by atoms with E-state index < -0.39 is 15.9 Å². The van der Waals surface area contributed by atoms with Crippen molar-refractivity contribution in [2.45, 2.75) is 12.3 Å². The number of hydrogen-bond acceptors (Lipinski definition) is 3. The van der Waals surface area contributed by atoms with Crippen LogP contribution in [0.3, 0.4) is 0 Å². The second kappa shape index (κ2) is 25.8. The second-order valence-corrected chi connectivity index (χ2v) is 9.18. The maximum Gasteiger partial charge on any atom is 0.530 e. The predicted octanol–water partition coefficient (Wildman–Crippen LogP) is 9.87. The van der Waals surface area contributed by atoms with E-state index in [9.17, 15) is 17.3 Å². The summed E-state index contributed by atoms with van der Waals surface area (Å²) >= 11 is 0. The molecule has 0 amide bonds. The molecule has 235 valence electrons. The second-order valence-electron chi connectivity index (χ2n) is 8.19. The molecule has 1 fully saturated rings. The molecule has 12 heteroatoms. The van der Waals surface area contributed by atoms with Gasteiger partial charge < -0.3 is 30.8 Å². The average Bonchev–Trinajstić information content (AvgIpc) is 3.35. The average molecular weight is 678 g/mol. The van der Waals surface area contributed by atoms with Crippen LogP contribution in [0.4, 0.5) is 17.3 Å². The molecule has 0 heterocycles. The third kappa shape index (κ3) is 21.0. The van der Waals surface area contributed by atoms with Crippen molar-refractivity contribution in [1.82, 2.24) is 0 Å². The van der Waals surface area contributed by atoms with Crippen molar-refractivity contribution in [3.05, 3.63) is 172 Å². The molecule has 1 unspecified atom stereocenters. The summed E-state index contributed by atoms with van der Waals surface area (Å²) in [6, 6.07) is 39.1. The maximum atomic E-state index is 9.75. The van der Waals surface area contributed by atoms with Crippen LogP contribution in [0.2, 0.25) is 0 Å². The molecule has 4 aromatic carbocycles. The molecule has 1 aliphatic rings. The quantitative estimate of drug-likeness (QED) is 0.0488. The van der Waals surface area contributed by atoms with Gasteiger partial charge in [-0.05, 0) is 86.4 Å². The SMILES string of the molecule is F[B-](F)(F)F.[C-]#[O+].[C-]#[O+].[CH]1[CH][CH]CC(c2ccccc2)[CH][CH]1.[Fe].c1ccc(OP(Oc2ccccc2)Oc2ccccc2)cc1. The van der Waals surface area contributed by atoms with E-state index in [0.29, 0.717) is 23.2 Å². The number of halogens is 4. The van der Waals surface area contributed by atoms with Crippen LogP contribution < -0.4 is 13.6 Å². The van der Waals surface area contributed by atoms with Crippen LogP contribution >= 0.6 is 8.60 Å². The predicted molar refractivity (Wildman–Crippen MR) is 161 cm³/mol. The zero-order chi connectivity index (χ0) is 32.5. The summed E-state index contributed by atoms with van der Waals surface area (Å²) in [5.74, 6) is 2.68. The molecule has 0 aromatic heterocycles. The van der Waals surface area contributed by atoms with Crippen molar-refractivity contribution in [2.24, 2.45) is 0 Å². The van der Waals surface area contributed by atoms with Gasteiger partial charge in [0.1, 0.15) is 17.2 Å². The standard InChI is InChI=1S/C18H15O3P.C13H13.2CO.BF4.Fe/c1-4-10-16(11-5-1)19-22(20-17-12-6-2-7-13-17)21-18-14-8-3-9-15-18;1-2-5-9-12(8-4-1)13-10-6-3-7-11-13;2*1-2;2-1(3,4)5;/h1-15H;1-8,10-12H,9H2;;;;/q;;;;-1;. The minimum absolute atomic E-state index is 0. The summed E-state index contributed by atoms with van der Waals surface area (Å²) in [6.45, 7) is 9.00. The maximum absolute atomic E-state index is 9.75. The Labute approximate surface area is 274 Å². The first-order valence-electron chi connectivity index (χ1n) is 12.9. The molecule has 5 nitrogen and oxygen atoms in total. The van der Waals surface area contributed by atoms with Crippen molar-refractivity contribution in [3.8, 4) is 17.2 Å². The number of hydrogen-bond donors (Lipinski definition) is 0. The Hall–Kier alpha value is -3.51. The number of para-hydroxylation sites is 3. The summed E-state index contributed by atoms with van der Waals surface area (Å²) in [6.07, 6.45) is 11.9. The van der Waals surface area contributed by atoms with Gasteiger partial charge in [-0.25, -0.2) is 0 Å². The van der Waals surface area contributed by atoms with Crippen LogP contribution in [-0.2, 0) is 26.4 Å². The topological polar surface area (TPSA) is 67.5 Å². The molecule has 5 rings (SSSR count). The fourth-order valence-electron chi connectivity index (χ4n) is 3.35. The Morgan fingerprint density at radius 1 is 0.556 bits per heavy atom. The minimum atomic E-state index is -6.00. The van der Waals surface area contributed by atoms with Crippen molar-refractivity contribution < 1.29 is 57.2 Å². The third-order valence-corrected chi connectivity index (χ3v) is 6.17. The first-order valence-corrected chi connectivity index (χ1v) is 14.0. The Morgan fingerprint density at radius 3 is 1.24 bits per heavy atom. The van der Waals surface area contributed by atoms with Gasteiger partial charge in [-0.1, -0.05) is 84.9 Å². The fourth-order valence-corrected chi connectivity index (χ4v) is 4.34. The molecule has 0 spiro atoms. The van der Waals surface area contributed by atoms with Gasteiger partial charge >= 0.3 is 38.5 Å². The third-order valence-electron chi connectivity index (χ3n) is 5.09. The Morgan fingerprint density at radius 2 is 0.889 bits per heavy atom. The molecule has 0 N–H and O–H groups in total. The van der Waals surface area contributed by atoms with E-state index in [-0.39, 0.29) is 17.1 Å². The summed E-state index contributed by atoms with van der Waals surface area (Å²) < 4.78 is 71.5. The van der Waals surface area contributed by atoms with E-state index in [1.165, 1.54) is 5.56 Å². The molecule has 1 atom stereocenters. The van der Waals surface area contributed by atoms with Gasteiger partial charge in [0, 0.05) is 17.1 Å². The minimum Gasteiger partial charge on any atom is -0.409 e. The summed E-state index contributed by atoms with van der Waals surface area (Å²) in [4.78, 5) is 0. The molecule has 0 saturated heterocycles.